The average Bonchev–Trinajstić information content (AvgIpc) is 3.59. The summed E-state index contributed by atoms with van der Waals surface area (Å²) in [5, 5.41) is 0. The Balaban J connectivity index is 1.17. The molecule has 3 aliphatic heterocycles. The Morgan fingerprint density at radius 1 is 0.881 bits per heavy atom. The van der Waals surface area contributed by atoms with Gasteiger partial charge in [0.1, 0.15) is 15.8 Å². The molecule has 1 amide bonds. The Morgan fingerprint density at radius 2 is 1.67 bits per heavy atom. The largest absolute Gasteiger partial charge is 0.454 e. The zero-order chi connectivity index (χ0) is 28.6. The van der Waals surface area contributed by atoms with E-state index in [1.54, 1.807) is 23.2 Å². The van der Waals surface area contributed by atoms with Crippen molar-refractivity contribution in [1.82, 2.24) is 19.2 Å². The number of thioether (sulfide) groups is 1. The maximum atomic E-state index is 13.8. The number of anilines is 1. The van der Waals surface area contributed by atoms with E-state index in [1.165, 1.54) is 21.7 Å². The molecule has 11 heteroatoms. The van der Waals surface area contributed by atoms with Crippen LogP contribution in [0.25, 0.3) is 11.7 Å². The Kier molecular flexibility index (Phi) is 7.14. The molecule has 2 saturated heterocycles. The summed E-state index contributed by atoms with van der Waals surface area (Å²) >= 11 is 6.80. The van der Waals surface area contributed by atoms with Crippen molar-refractivity contribution in [2.75, 3.05) is 37.9 Å². The third-order valence-corrected chi connectivity index (χ3v) is 8.97. The molecule has 2 fully saturated rings. The number of hydrogen-bond acceptors (Lipinski definition) is 9. The van der Waals surface area contributed by atoms with Crippen molar-refractivity contribution >= 4 is 51.7 Å². The third-order valence-electron chi connectivity index (χ3n) is 7.60. The number of fused-ring (bicyclic) bond motifs is 2. The van der Waals surface area contributed by atoms with Gasteiger partial charge in [0.25, 0.3) is 11.5 Å². The van der Waals surface area contributed by atoms with Crippen LogP contribution >= 0.6 is 24.0 Å². The third kappa shape index (κ3) is 5.15. The summed E-state index contributed by atoms with van der Waals surface area (Å²) < 4.78 is 12.8. The van der Waals surface area contributed by atoms with E-state index >= 15 is 0 Å². The van der Waals surface area contributed by atoms with Crippen LogP contribution < -0.4 is 19.9 Å². The molecular weight excluding hydrogens is 571 g/mol. The number of carbonyl (C=O) groups is 1. The minimum atomic E-state index is -0.237. The number of pyridine rings is 1. The lowest BCUT2D eigenvalue weighted by molar-refractivity contribution is -0.122. The standard InChI is InChI=1S/C31H27N5O4S2/c37-29-23(17-26-30(38)36(31(41)42-26)19-22-9-10-24-25(16-22)40-20-39-24)28(32-27-8-4-5-11-35(27)29)34-14-12-33(13-15-34)18-21-6-2-1-3-7-21/h1-11,16-17H,12-15,18-20H2/b26-17+. The van der Waals surface area contributed by atoms with Crippen LogP contribution in [0.5, 0.6) is 11.5 Å². The molecule has 0 bridgehead atoms. The van der Waals surface area contributed by atoms with Crippen molar-refractivity contribution in [2.24, 2.45) is 0 Å². The van der Waals surface area contributed by atoms with Gasteiger partial charge in [0.2, 0.25) is 6.79 Å². The lowest BCUT2D eigenvalue weighted by Crippen LogP contribution is -2.47. The van der Waals surface area contributed by atoms with Gasteiger partial charge in [-0.2, -0.15) is 0 Å². The van der Waals surface area contributed by atoms with E-state index in [0.29, 0.717) is 57.4 Å². The van der Waals surface area contributed by atoms with Gasteiger partial charge in [0.15, 0.2) is 11.5 Å². The molecular formula is C31H27N5O4S2. The van der Waals surface area contributed by atoms with Gasteiger partial charge in [-0.25, -0.2) is 4.98 Å². The number of carbonyl (C=O) groups excluding carboxylic acids is 1. The highest BCUT2D eigenvalue weighted by Crippen LogP contribution is 2.37. The molecule has 0 unspecified atom stereocenters. The van der Waals surface area contributed by atoms with Gasteiger partial charge in [-0.15, -0.1) is 0 Å². The topological polar surface area (TPSA) is 79.6 Å². The van der Waals surface area contributed by atoms with Gasteiger partial charge < -0.3 is 14.4 Å². The number of ether oxygens (including phenoxy) is 2. The number of rotatable bonds is 6. The summed E-state index contributed by atoms with van der Waals surface area (Å²) in [5.41, 5.74) is 2.88. The highest BCUT2D eigenvalue weighted by atomic mass is 32.2. The van der Waals surface area contributed by atoms with E-state index in [2.05, 4.69) is 34.1 Å². The first-order valence-electron chi connectivity index (χ1n) is 13.7. The molecule has 9 nitrogen and oxygen atoms in total. The Hall–Kier alpha value is -4.19. The maximum Gasteiger partial charge on any atom is 0.267 e. The number of piperazine rings is 1. The lowest BCUT2D eigenvalue weighted by atomic mass is 10.1. The van der Waals surface area contributed by atoms with Gasteiger partial charge in [0, 0.05) is 38.9 Å². The Labute approximate surface area is 252 Å². The van der Waals surface area contributed by atoms with Crippen LogP contribution in [-0.4, -0.2) is 62.4 Å². The number of thiocarbonyl (C=S) groups is 1. The summed E-state index contributed by atoms with van der Waals surface area (Å²) in [6, 6.07) is 21.5. The van der Waals surface area contributed by atoms with Crippen molar-refractivity contribution in [1.29, 1.82) is 0 Å². The molecule has 4 aromatic rings. The Morgan fingerprint density at radius 3 is 2.50 bits per heavy atom. The molecule has 0 N–H and O–H groups in total. The fourth-order valence-corrected chi connectivity index (χ4v) is 6.64. The zero-order valence-electron chi connectivity index (χ0n) is 22.6. The molecule has 0 saturated carbocycles. The van der Waals surface area contributed by atoms with E-state index in [-0.39, 0.29) is 18.3 Å². The normalized spacial score (nSPS) is 18.0. The second kappa shape index (κ2) is 11.2. The van der Waals surface area contributed by atoms with E-state index in [4.69, 9.17) is 26.7 Å². The van der Waals surface area contributed by atoms with Gasteiger partial charge in [-0.1, -0.05) is 66.4 Å². The highest BCUT2D eigenvalue weighted by Gasteiger charge is 2.33. The van der Waals surface area contributed by atoms with Gasteiger partial charge in [-0.3, -0.25) is 23.8 Å². The number of amides is 1. The second-order valence-electron chi connectivity index (χ2n) is 10.3. The monoisotopic (exact) mass is 597 g/mol. The van der Waals surface area contributed by atoms with E-state index in [9.17, 15) is 9.59 Å². The van der Waals surface area contributed by atoms with Crippen LogP contribution in [0.2, 0.25) is 0 Å². The first kappa shape index (κ1) is 26.7. The number of hydrogen-bond donors (Lipinski definition) is 0. The van der Waals surface area contributed by atoms with Gasteiger partial charge in [0.05, 0.1) is 17.0 Å². The summed E-state index contributed by atoms with van der Waals surface area (Å²) in [6.45, 7) is 4.46. The van der Waals surface area contributed by atoms with Crippen LogP contribution in [0.3, 0.4) is 0 Å². The van der Waals surface area contributed by atoms with E-state index in [1.807, 2.05) is 36.4 Å². The molecule has 0 radical (unpaired) electrons. The second-order valence-corrected chi connectivity index (χ2v) is 12.0. The smallest absolute Gasteiger partial charge is 0.267 e. The molecule has 2 aromatic carbocycles. The molecule has 3 aliphatic rings. The number of nitrogens with zero attached hydrogens (tertiary/aromatic N) is 5. The summed E-state index contributed by atoms with van der Waals surface area (Å²) in [5.74, 6) is 1.68. The van der Waals surface area contributed by atoms with Crippen molar-refractivity contribution in [3.8, 4) is 11.5 Å². The lowest BCUT2D eigenvalue weighted by Gasteiger charge is -2.36. The van der Waals surface area contributed by atoms with Crippen molar-refractivity contribution in [3.63, 3.8) is 0 Å². The van der Waals surface area contributed by atoms with Gasteiger partial charge >= 0.3 is 0 Å². The molecule has 0 spiro atoms. The maximum absolute atomic E-state index is 13.8. The van der Waals surface area contributed by atoms with Gasteiger partial charge in [-0.05, 0) is 41.5 Å². The first-order valence-corrected chi connectivity index (χ1v) is 14.9. The van der Waals surface area contributed by atoms with Crippen molar-refractivity contribution in [3.05, 3.63) is 105 Å². The summed E-state index contributed by atoms with van der Waals surface area (Å²) in [4.78, 5) is 38.8. The number of aromatic nitrogens is 2. The van der Waals surface area contributed by atoms with Crippen LogP contribution in [0.1, 0.15) is 16.7 Å². The minimum absolute atomic E-state index is 0.183. The molecule has 5 heterocycles. The molecule has 0 atom stereocenters. The molecule has 0 aliphatic carbocycles. The Bertz CT molecular complexity index is 1780. The van der Waals surface area contributed by atoms with E-state index < -0.39 is 0 Å². The van der Waals surface area contributed by atoms with Crippen LogP contribution in [0, 0.1) is 0 Å². The summed E-state index contributed by atoms with van der Waals surface area (Å²) in [6.07, 6.45) is 3.37. The van der Waals surface area contributed by atoms with Crippen molar-refractivity contribution < 1.29 is 14.3 Å². The summed E-state index contributed by atoms with van der Waals surface area (Å²) in [7, 11) is 0. The highest BCUT2D eigenvalue weighted by molar-refractivity contribution is 8.26. The molecule has 212 valence electrons. The van der Waals surface area contributed by atoms with Crippen molar-refractivity contribution in [2.45, 2.75) is 13.1 Å². The van der Waals surface area contributed by atoms with E-state index in [0.717, 1.165) is 25.2 Å². The average molecular weight is 598 g/mol. The molecule has 42 heavy (non-hydrogen) atoms. The van der Waals surface area contributed by atoms with Crippen LogP contribution in [-0.2, 0) is 17.9 Å². The minimum Gasteiger partial charge on any atom is -0.454 e. The quantitative estimate of drug-likeness (QED) is 0.241. The van der Waals surface area contributed by atoms with Crippen LogP contribution in [0.15, 0.2) is 82.6 Å². The molecule has 2 aromatic heterocycles. The fraction of sp³-hybridized carbons (Fsp3) is 0.226. The first-order chi connectivity index (χ1) is 20.5. The number of benzene rings is 2. The fourth-order valence-electron chi connectivity index (χ4n) is 5.41. The van der Waals surface area contributed by atoms with Crippen LogP contribution in [0.4, 0.5) is 5.82 Å². The SMILES string of the molecule is O=C1/C(=C\c2c(N3CCN(Cc4ccccc4)CC3)nc3ccccn3c2=O)SC(=S)N1Cc1ccc2c(c1)OCO2. The zero-order valence-corrected chi connectivity index (χ0v) is 24.3. The predicted molar refractivity (Wildman–Crippen MR) is 167 cm³/mol. The molecule has 7 rings (SSSR count). The predicted octanol–water partition coefficient (Wildman–Crippen LogP) is 4.15.